The van der Waals surface area contributed by atoms with Crippen LogP contribution >= 0.6 is 11.8 Å². The molecule has 0 aromatic heterocycles. The summed E-state index contributed by atoms with van der Waals surface area (Å²) in [5, 5.41) is 18.1. The Bertz CT molecular complexity index is 584. The Morgan fingerprint density at radius 1 is 1.17 bits per heavy atom. The van der Waals surface area contributed by atoms with Gasteiger partial charge in [0.05, 0.1) is 11.6 Å². The summed E-state index contributed by atoms with van der Waals surface area (Å²) in [5.74, 6) is 0.273. The fraction of sp³-hybridized carbons (Fsp3) is 0.133. The van der Waals surface area contributed by atoms with Gasteiger partial charge >= 0.3 is 0 Å². The second kappa shape index (κ2) is 5.61. The second-order valence-corrected chi connectivity index (χ2v) is 5.00. The third-order valence-electron chi connectivity index (χ3n) is 2.64. The second-order valence-electron chi connectivity index (χ2n) is 3.88. The fourth-order valence-corrected chi connectivity index (χ4v) is 2.66. The molecule has 0 amide bonds. The molecule has 0 saturated heterocycles. The number of nitriles is 1. The molecular weight excluding hydrogens is 242 g/mol. The van der Waals surface area contributed by atoms with Crippen LogP contribution in [-0.2, 0) is 6.42 Å². The van der Waals surface area contributed by atoms with Gasteiger partial charge in [-0.3, -0.25) is 0 Å². The first-order valence-electron chi connectivity index (χ1n) is 5.73. The highest BCUT2D eigenvalue weighted by molar-refractivity contribution is 7.99. The van der Waals surface area contributed by atoms with E-state index in [1.165, 1.54) is 5.56 Å². The molecule has 2 nitrogen and oxygen atoms in total. The Balaban J connectivity index is 2.29. The standard InChI is InChI=1S/C15H13NOS/c1-2-12-9-11(10-16)3-8-15(12)18-14-6-4-13(17)5-7-14/h3-9,17H,2H2,1H3. The molecule has 0 aliphatic carbocycles. The van der Waals surface area contributed by atoms with E-state index in [1.54, 1.807) is 23.9 Å². The van der Waals surface area contributed by atoms with Crippen molar-refractivity contribution in [2.24, 2.45) is 0 Å². The third-order valence-corrected chi connectivity index (χ3v) is 3.76. The average Bonchev–Trinajstić information content (AvgIpc) is 2.41. The minimum absolute atomic E-state index is 0.273. The molecule has 0 spiro atoms. The summed E-state index contributed by atoms with van der Waals surface area (Å²) in [6.45, 7) is 2.08. The quantitative estimate of drug-likeness (QED) is 0.902. The first-order valence-corrected chi connectivity index (χ1v) is 6.54. The molecule has 2 aromatic rings. The highest BCUT2D eigenvalue weighted by Gasteiger charge is 2.04. The van der Waals surface area contributed by atoms with Crippen LogP contribution in [0.3, 0.4) is 0 Å². The van der Waals surface area contributed by atoms with Crippen molar-refractivity contribution in [3.63, 3.8) is 0 Å². The van der Waals surface area contributed by atoms with E-state index in [0.29, 0.717) is 5.56 Å². The molecule has 0 atom stereocenters. The summed E-state index contributed by atoms with van der Waals surface area (Å²) in [6, 6.07) is 15.0. The molecule has 1 N–H and O–H groups in total. The minimum Gasteiger partial charge on any atom is -0.508 e. The van der Waals surface area contributed by atoms with Gasteiger partial charge in [0.1, 0.15) is 5.75 Å². The zero-order valence-corrected chi connectivity index (χ0v) is 10.9. The molecular formula is C15H13NOS. The van der Waals surface area contributed by atoms with Gasteiger partial charge in [-0.05, 0) is 54.4 Å². The molecule has 0 aliphatic rings. The third kappa shape index (κ3) is 2.85. The molecule has 0 saturated carbocycles. The molecule has 18 heavy (non-hydrogen) atoms. The van der Waals surface area contributed by atoms with E-state index < -0.39 is 0 Å². The van der Waals surface area contributed by atoms with E-state index in [0.717, 1.165) is 16.2 Å². The zero-order chi connectivity index (χ0) is 13.0. The largest absolute Gasteiger partial charge is 0.508 e. The van der Waals surface area contributed by atoms with Crippen LogP contribution in [0.15, 0.2) is 52.3 Å². The Morgan fingerprint density at radius 2 is 1.89 bits per heavy atom. The number of phenolic OH excluding ortho intramolecular Hbond substituents is 1. The molecule has 0 heterocycles. The van der Waals surface area contributed by atoms with Crippen LogP contribution in [-0.4, -0.2) is 5.11 Å². The monoisotopic (exact) mass is 255 g/mol. The van der Waals surface area contributed by atoms with Crippen molar-refractivity contribution < 1.29 is 5.11 Å². The van der Waals surface area contributed by atoms with Crippen LogP contribution in [0.1, 0.15) is 18.1 Å². The number of rotatable bonds is 3. The van der Waals surface area contributed by atoms with E-state index in [2.05, 4.69) is 13.0 Å². The van der Waals surface area contributed by atoms with Crippen LogP contribution in [0.5, 0.6) is 5.75 Å². The van der Waals surface area contributed by atoms with Gasteiger partial charge in [0.25, 0.3) is 0 Å². The molecule has 2 aromatic carbocycles. The van der Waals surface area contributed by atoms with Gasteiger partial charge in [-0.2, -0.15) is 5.26 Å². The van der Waals surface area contributed by atoms with Crippen molar-refractivity contribution in [3.8, 4) is 11.8 Å². The predicted octanol–water partition coefficient (Wildman–Crippen LogP) is 3.98. The summed E-state index contributed by atoms with van der Waals surface area (Å²) in [7, 11) is 0. The number of benzene rings is 2. The average molecular weight is 255 g/mol. The maximum Gasteiger partial charge on any atom is 0.115 e. The minimum atomic E-state index is 0.273. The highest BCUT2D eigenvalue weighted by atomic mass is 32.2. The molecule has 90 valence electrons. The molecule has 0 aliphatic heterocycles. The van der Waals surface area contributed by atoms with E-state index >= 15 is 0 Å². The zero-order valence-electron chi connectivity index (χ0n) is 10.1. The van der Waals surface area contributed by atoms with E-state index in [1.807, 2.05) is 30.3 Å². The SMILES string of the molecule is CCc1cc(C#N)ccc1Sc1ccc(O)cc1. The maximum absolute atomic E-state index is 9.25. The summed E-state index contributed by atoms with van der Waals surface area (Å²) in [4.78, 5) is 2.23. The number of hydrogen-bond donors (Lipinski definition) is 1. The number of nitrogens with zero attached hydrogens (tertiary/aromatic N) is 1. The molecule has 0 unspecified atom stereocenters. The molecule has 0 bridgehead atoms. The summed E-state index contributed by atoms with van der Waals surface area (Å²) in [5.41, 5.74) is 1.87. The first kappa shape index (κ1) is 12.5. The lowest BCUT2D eigenvalue weighted by atomic mass is 10.1. The lowest BCUT2D eigenvalue weighted by Gasteiger charge is -2.08. The van der Waals surface area contributed by atoms with Crippen LogP contribution in [0.4, 0.5) is 0 Å². The van der Waals surface area contributed by atoms with Crippen molar-refractivity contribution in [1.29, 1.82) is 5.26 Å². The summed E-state index contributed by atoms with van der Waals surface area (Å²) in [6.07, 6.45) is 0.899. The fourth-order valence-electron chi connectivity index (χ4n) is 1.67. The Morgan fingerprint density at radius 3 is 2.50 bits per heavy atom. The van der Waals surface area contributed by atoms with E-state index in [9.17, 15) is 5.11 Å². The lowest BCUT2D eigenvalue weighted by Crippen LogP contribution is -1.87. The van der Waals surface area contributed by atoms with Gasteiger partial charge < -0.3 is 5.11 Å². The van der Waals surface area contributed by atoms with Crippen molar-refractivity contribution in [3.05, 3.63) is 53.6 Å². The van der Waals surface area contributed by atoms with Crippen molar-refractivity contribution in [2.45, 2.75) is 23.1 Å². The van der Waals surface area contributed by atoms with Gasteiger partial charge in [-0.15, -0.1) is 0 Å². The van der Waals surface area contributed by atoms with Crippen molar-refractivity contribution in [1.82, 2.24) is 0 Å². The van der Waals surface area contributed by atoms with E-state index in [4.69, 9.17) is 5.26 Å². The molecule has 2 rings (SSSR count). The number of hydrogen-bond acceptors (Lipinski definition) is 3. The van der Waals surface area contributed by atoms with Crippen LogP contribution in [0, 0.1) is 11.3 Å². The van der Waals surface area contributed by atoms with Crippen molar-refractivity contribution in [2.75, 3.05) is 0 Å². The Labute approximate surface area is 111 Å². The predicted molar refractivity (Wildman–Crippen MR) is 72.8 cm³/mol. The lowest BCUT2D eigenvalue weighted by molar-refractivity contribution is 0.475. The normalized spacial score (nSPS) is 10.0. The molecule has 0 fully saturated rings. The van der Waals surface area contributed by atoms with Crippen molar-refractivity contribution >= 4 is 11.8 Å². The van der Waals surface area contributed by atoms with Gasteiger partial charge in [0.15, 0.2) is 0 Å². The highest BCUT2D eigenvalue weighted by Crippen LogP contribution is 2.32. The number of phenols is 1. The Kier molecular flexibility index (Phi) is 3.91. The summed E-state index contributed by atoms with van der Waals surface area (Å²) >= 11 is 1.65. The van der Waals surface area contributed by atoms with Crippen LogP contribution < -0.4 is 0 Å². The number of aromatic hydroxyl groups is 1. The molecule has 0 radical (unpaired) electrons. The topological polar surface area (TPSA) is 44.0 Å². The van der Waals surface area contributed by atoms with Gasteiger partial charge in [0, 0.05) is 9.79 Å². The van der Waals surface area contributed by atoms with Crippen LogP contribution in [0.25, 0.3) is 0 Å². The maximum atomic E-state index is 9.25. The van der Waals surface area contributed by atoms with E-state index in [-0.39, 0.29) is 5.75 Å². The van der Waals surface area contributed by atoms with Gasteiger partial charge in [-0.1, -0.05) is 18.7 Å². The summed E-state index contributed by atoms with van der Waals surface area (Å²) < 4.78 is 0. The van der Waals surface area contributed by atoms with Crippen LogP contribution in [0.2, 0.25) is 0 Å². The smallest absolute Gasteiger partial charge is 0.115 e. The molecule has 3 heteroatoms. The Hall–Kier alpha value is -1.92. The number of aryl methyl sites for hydroxylation is 1. The first-order chi connectivity index (χ1) is 8.72. The van der Waals surface area contributed by atoms with Gasteiger partial charge in [-0.25, -0.2) is 0 Å². The van der Waals surface area contributed by atoms with Gasteiger partial charge in [0.2, 0.25) is 0 Å².